The Morgan fingerprint density at radius 2 is 2.27 bits per heavy atom. The molecule has 0 aliphatic rings. The maximum atomic E-state index is 5.78. The van der Waals surface area contributed by atoms with Crippen LogP contribution in [0.3, 0.4) is 0 Å². The number of thiophene rings is 1. The quantitative estimate of drug-likeness (QED) is 0.763. The summed E-state index contributed by atoms with van der Waals surface area (Å²) in [4.78, 5) is 0. The van der Waals surface area contributed by atoms with Crippen molar-refractivity contribution in [1.82, 2.24) is 0 Å². The average Bonchev–Trinajstić information content (AvgIpc) is 2.38. The Labute approximate surface area is 77.0 Å². The Kier molecular flexibility index (Phi) is 5.50. The molecule has 4 N–H and O–H groups in total. The topological polar surface area (TPSA) is 52.0 Å². The molecule has 1 aromatic rings. The largest absolute Gasteiger partial charge is 0.330 e. The molecule has 0 amide bonds. The smallest absolute Gasteiger partial charge is 0.0315 e. The molecule has 1 aromatic heterocycles. The lowest BCUT2D eigenvalue weighted by molar-refractivity contribution is 0.663. The zero-order chi connectivity index (χ0) is 7.40. The lowest BCUT2D eigenvalue weighted by atomic mass is 10.1. The molecular weight excluding hydrogens is 180 g/mol. The van der Waals surface area contributed by atoms with E-state index in [1.807, 2.05) is 11.4 Å². The molecule has 1 heterocycles. The van der Waals surface area contributed by atoms with Crippen molar-refractivity contribution in [2.45, 2.75) is 12.5 Å². The molecule has 0 spiro atoms. The van der Waals surface area contributed by atoms with E-state index in [1.54, 1.807) is 11.3 Å². The number of hydrogen-bond donors (Lipinski definition) is 2. The first-order valence-electron chi connectivity index (χ1n) is 3.32. The molecular formula is C7H13ClN2S. The van der Waals surface area contributed by atoms with Gasteiger partial charge in [0, 0.05) is 6.04 Å². The predicted octanol–water partition coefficient (Wildman–Crippen LogP) is 1.52. The van der Waals surface area contributed by atoms with Gasteiger partial charge in [-0.3, -0.25) is 0 Å². The third-order valence-corrected chi connectivity index (χ3v) is 2.15. The first kappa shape index (κ1) is 10.9. The van der Waals surface area contributed by atoms with Gasteiger partial charge in [0.05, 0.1) is 0 Å². The highest BCUT2D eigenvalue weighted by atomic mass is 35.5. The van der Waals surface area contributed by atoms with Crippen molar-refractivity contribution >= 4 is 23.7 Å². The van der Waals surface area contributed by atoms with Gasteiger partial charge in [-0.15, -0.1) is 12.4 Å². The number of hydrogen-bond acceptors (Lipinski definition) is 3. The molecule has 2 nitrogen and oxygen atoms in total. The summed E-state index contributed by atoms with van der Waals surface area (Å²) in [6, 6.07) is 2.18. The normalized spacial score (nSPS) is 12.2. The molecule has 0 saturated heterocycles. The second-order valence-corrected chi connectivity index (χ2v) is 3.02. The van der Waals surface area contributed by atoms with Gasteiger partial charge in [-0.1, -0.05) is 0 Å². The van der Waals surface area contributed by atoms with Crippen LogP contribution in [0, 0.1) is 0 Å². The molecule has 0 aliphatic carbocycles. The highest BCUT2D eigenvalue weighted by Crippen LogP contribution is 2.15. The third-order valence-electron chi connectivity index (χ3n) is 1.45. The minimum Gasteiger partial charge on any atom is -0.330 e. The summed E-state index contributed by atoms with van der Waals surface area (Å²) in [7, 11) is 0. The van der Waals surface area contributed by atoms with E-state index in [9.17, 15) is 0 Å². The van der Waals surface area contributed by atoms with Crippen LogP contribution in [0.1, 0.15) is 18.0 Å². The fourth-order valence-corrected chi connectivity index (χ4v) is 1.56. The SMILES string of the molecule is Cl.NCC[C@H](N)c1ccsc1. The molecule has 0 unspecified atom stereocenters. The first-order valence-corrected chi connectivity index (χ1v) is 4.26. The van der Waals surface area contributed by atoms with Crippen LogP contribution in [0.4, 0.5) is 0 Å². The second kappa shape index (κ2) is 5.55. The van der Waals surface area contributed by atoms with E-state index >= 15 is 0 Å². The van der Waals surface area contributed by atoms with Crippen LogP contribution >= 0.6 is 23.7 Å². The van der Waals surface area contributed by atoms with Crippen molar-refractivity contribution in [1.29, 1.82) is 0 Å². The zero-order valence-electron chi connectivity index (χ0n) is 6.19. The van der Waals surface area contributed by atoms with Gasteiger partial charge in [-0.2, -0.15) is 11.3 Å². The van der Waals surface area contributed by atoms with E-state index in [0.717, 1.165) is 6.42 Å². The minimum atomic E-state index is 0. The molecule has 0 radical (unpaired) electrons. The standard InChI is InChI=1S/C7H12N2S.ClH/c8-3-1-7(9)6-2-4-10-5-6;/h2,4-5,7H,1,3,8-9H2;1H/t7-;/m0./s1. The molecule has 11 heavy (non-hydrogen) atoms. The van der Waals surface area contributed by atoms with Gasteiger partial charge >= 0.3 is 0 Å². The average molecular weight is 193 g/mol. The molecule has 64 valence electrons. The minimum absolute atomic E-state index is 0. The summed E-state index contributed by atoms with van der Waals surface area (Å²) in [5.74, 6) is 0. The molecule has 0 fully saturated rings. The van der Waals surface area contributed by atoms with E-state index in [4.69, 9.17) is 11.5 Å². The maximum Gasteiger partial charge on any atom is 0.0315 e. The van der Waals surface area contributed by atoms with Gasteiger partial charge in [0.25, 0.3) is 0 Å². The van der Waals surface area contributed by atoms with E-state index < -0.39 is 0 Å². The van der Waals surface area contributed by atoms with Crippen LogP contribution in [0.2, 0.25) is 0 Å². The molecule has 0 aromatic carbocycles. The van der Waals surface area contributed by atoms with Gasteiger partial charge in [0.15, 0.2) is 0 Å². The van der Waals surface area contributed by atoms with Crippen LogP contribution < -0.4 is 11.5 Å². The third kappa shape index (κ3) is 3.20. The highest BCUT2D eigenvalue weighted by molar-refractivity contribution is 7.07. The summed E-state index contributed by atoms with van der Waals surface area (Å²) < 4.78 is 0. The van der Waals surface area contributed by atoms with Crippen molar-refractivity contribution in [3.8, 4) is 0 Å². The number of halogens is 1. The van der Waals surface area contributed by atoms with Gasteiger partial charge in [-0.05, 0) is 35.4 Å². The van der Waals surface area contributed by atoms with Crippen LogP contribution in [-0.4, -0.2) is 6.54 Å². The Bertz CT molecular complexity index is 177. The molecule has 0 saturated carbocycles. The fraction of sp³-hybridized carbons (Fsp3) is 0.429. The Morgan fingerprint density at radius 1 is 1.55 bits per heavy atom. The van der Waals surface area contributed by atoms with E-state index in [-0.39, 0.29) is 18.4 Å². The van der Waals surface area contributed by atoms with Gasteiger partial charge < -0.3 is 11.5 Å². The van der Waals surface area contributed by atoms with E-state index in [2.05, 4.69) is 5.38 Å². The summed E-state index contributed by atoms with van der Waals surface area (Å²) in [6.45, 7) is 0.664. The highest BCUT2D eigenvalue weighted by Gasteiger charge is 2.03. The monoisotopic (exact) mass is 192 g/mol. The van der Waals surface area contributed by atoms with Crippen LogP contribution in [0.5, 0.6) is 0 Å². The van der Waals surface area contributed by atoms with Crippen LogP contribution in [0.15, 0.2) is 16.8 Å². The lowest BCUT2D eigenvalue weighted by Crippen LogP contribution is -2.14. The van der Waals surface area contributed by atoms with Crippen molar-refractivity contribution < 1.29 is 0 Å². The Balaban J connectivity index is 0.000001000. The Hall–Kier alpha value is -0.0900. The van der Waals surface area contributed by atoms with Gasteiger partial charge in [0.1, 0.15) is 0 Å². The number of rotatable bonds is 3. The van der Waals surface area contributed by atoms with Crippen LogP contribution in [0.25, 0.3) is 0 Å². The summed E-state index contributed by atoms with van der Waals surface area (Å²) in [6.07, 6.45) is 0.872. The van der Waals surface area contributed by atoms with E-state index in [1.165, 1.54) is 5.56 Å². The zero-order valence-corrected chi connectivity index (χ0v) is 7.83. The molecule has 0 bridgehead atoms. The van der Waals surface area contributed by atoms with Crippen molar-refractivity contribution in [3.63, 3.8) is 0 Å². The van der Waals surface area contributed by atoms with Gasteiger partial charge in [0.2, 0.25) is 0 Å². The van der Waals surface area contributed by atoms with Crippen molar-refractivity contribution in [2.24, 2.45) is 11.5 Å². The van der Waals surface area contributed by atoms with Crippen molar-refractivity contribution in [2.75, 3.05) is 6.54 Å². The summed E-state index contributed by atoms with van der Waals surface area (Å²) in [5.41, 5.74) is 12.3. The molecule has 1 rings (SSSR count). The second-order valence-electron chi connectivity index (χ2n) is 2.24. The Morgan fingerprint density at radius 3 is 2.73 bits per heavy atom. The molecule has 4 heteroatoms. The summed E-state index contributed by atoms with van der Waals surface area (Å²) >= 11 is 1.67. The lowest BCUT2D eigenvalue weighted by Gasteiger charge is -2.06. The fourth-order valence-electron chi connectivity index (χ4n) is 0.832. The van der Waals surface area contributed by atoms with E-state index in [0.29, 0.717) is 6.54 Å². The maximum absolute atomic E-state index is 5.78. The summed E-state index contributed by atoms with van der Waals surface area (Å²) in [5, 5.41) is 4.10. The van der Waals surface area contributed by atoms with Crippen LogP contribution in [-0.2, 0) is 0 Å². The predicted molar refractivity (Wildman–Crippen MR) is 52.2 cm³/mol. The first-order chi connectivity index (χ1) is 4.84. The molecule has 1 atom stereocenters. The number of nitrogens with two attached hydrogens (primary N) is 2. The van der Waals surface area contributed by atoms with Gasteiger partial charge in [-0.25, -0.2) is 0 Å². The van der Waals surface area contributed by atoms with Crippen molar-refractivity contribution in [3.05, 3.63) is 22.4 Å². The molecule has 0 aliphatic heterocycles.